The maximum Gasteiger partial charge on any atom is 0.142 e. The lowest BCUT2D eigenvalue weighted by Crippen LogP contribution is -2.42. The molecule has 1 fully saturated rings. The smallest absolute Gasteiger partial charge is 0.142 e. The number of hydrogen-bond acceptors (Lipinski definition) is 5. The summed E-state index contributed by atoms with van der Waals surface area (Å²) in [5, 5.41) is 3.13. The van der Waals surface area contributed by atoms with Crippen LogP contribution in [0.1, 0.15) is 18.5 Å². The Hall–Kier alpha value is -1.30. The Labute approximate surface area is 117 Å². The molecule has 100 valence electrons. The zero-order chi connectivity index (χ0) is 13.1. The van der Waals surface area contributed by atoms with Gasteiger partial charge in [0.05, 0.1) is 11.4 Å². The van der Waals surface area contributed by atoms with E-state index in [-0.39, 0.29) is 0 Å². The third kappa shape index (κ3) is 3.18. The molecule has 0 amide bonds. The number of nitrogens with zero attached hydrogens (tertiary/aromatic N) is 3. The molecular weight excluding hydrogens is 256 g/mol. The Morgan fingerprint density at radius 3 is 3.16 bits per heavy atom. The van der Waals surface area contributed by atoms with Crippen molar-refractivity contribution in [2.45, 2.75) is 25.4 Å². The molecule has 2 N–H and O–H groups in total. The van der Waals surface area contributed by atoms with Gasteiger partial charge in [0.25, 0.3) is 0 Å². The lowest BCUT2D eigenvalue weighted by atomic mass is 10.1. The molecule has 1 unspecified atom stereocenters. The largest absolute Gasteiger partial charge is 0.327 e. The maximum absolute atomic E-state index is 6.01. The van der Waals surface area contributed by atoms with Crippen molar-refractivity contribution in [3.05, 3.63) is 35.5 Å². The minimum atomic E-state index is 0.322. The fourth-order valence-electron chi connectivity index (χ4n) is 2.45. The SMILES string of the molecule is NC1CCCN(Cc2csc(-c3ccccn3)n2)C1. The normalized spacial score (nSPS) is 20.6. The summed E-state index contributed by atoms with van der Waals surface area (Å²) in [7, 11) is 0. The number of likely N-dealkylation sites (tertiary alicyclic amines) is 1. The molecule has 0 bridgehead atoms. The molecule has 0 saturated carbocycles. The molecule has 1 aliphatic rings. The Morgan fingerprint density at radius 1 is 1.42 bits per heavy atom. The summed E-state index contributed by atoms with van der Waals surface area (Å²) < 4.78 is 0. The molecule has 19 heavy (non-hydrogen) atoms. The van der Waals surface area contributed by atoms with Crippen LogP contribution >= 0.6 is 11.3 Å². The number of nitrogens with two attached hydrogens (primary N) is 1. The fourth-order valence-corrected chi connectivity index (χ4v) is 3.24. The molecule has 2 aromatic heterocycles. The van der Waals surface area contributed by atoms with E-state index in [9.17, 15) is 0 Å². The number of piperidine rings is 1. The monoisotopic (exact) mass is 274 g/mol. The van der Waals surface area contributed by atoms with Crippen LogP contribution in [-0.4, -0.2) is 34.0 Å². The van der Waals surface area contributed by atoms with E-state index in [4.69, 9.17) is 5.73 Å². The number of aromatic nitrogens is 2. The number of thiazole rings is 1. The number of hydrogen-bond donors (Lipinski definition) is 1. The van der Waals surface area contributed by atoms with Gasteiger partial charge >= 0.3 is 0 Å². The molecule has 1 atom stereocenters. The molecule has 1 saturated heterocycles. The third-order valence-corrected chi connectivity index (χ3v) is 4.28. The highest BCUT2D eigenvalue weighted by Gasteiger charge is 2.17. The summed E-state index contributed by atoms with van der Waals surface area (Å²) in [5.74, 6) is 0. The van der Waals surface area contributed by atoms with Gasteiger partial charge < -0.3 is 5.73 Å². The van der Waals surface area contributed by atoms with Crippen LogP contribution in [0.2, 0.25) is 0 Å². The first-order valence-corrected chi connectivity index (χ1v) is 7.53. The van der Waals surface area contributed by atoms with Crippen LogP contribution in [0.5, 0.6) is 0 Å². The van der Waals surface area contributed by atoms with E-state index in [0.717, 1.165) is 42.5 Å². The average molecular weight is 274 g/mol. The van der Waals surface area contributed by atoms with E-state index in [1.807, 2.05) is 18.2 Å². The molecule has 0 aliphatic carbocycles. The second-order valence-corrected chi connectivity index (χ2v) is 5.85. The molecule has 2 aromatic rings. The lowest BCUT2D eigenvalue weighted by Gasteiger charge is -2.29. The van der Waals surface area contributed by atoms with E-state index in [0.29, 0.717) is 6.04 Å². The molecule has 4 nitrogen and oxygen atoms in total. The zero-order valence-corrected chi connectivity index (χ0v) is 11.6. The van der Waals surface area contributed by atoms with Gasteiger partial charge in [-0.05, 0) is 31.5 Å². The van der Waals surface area contributed by atoms with E-state index >= 15 is 0 Å². The lowest BCUT2D eigenvalue weighted by molar-refractivity contribution is 0.200. The molecule has 1 aliphatic heterocycles. The van der Waals surface area contributed by atoms with Gasteiger partial charge in [0.1, 0.15) is 5.01 Å². The number of rotatable bonds is 3. The highest BCUT2D eigenvalue weighted by atomic mass is 32.1. The maximum atomic E-state index is 6.01. The van der Waals surface area contributed by atoms with Gasteiger partial charge in [0, 0.05) is 30.7 Å². The van der Waals surface area contributed by atoms with Crippen molar-refractivity contribution in [3.63, 3.8) is 0 Å². The van der Waals surface area contributed by atoms with Gasteiger partial charge in [-0.25, -0.2) is 4.98 Å². The number of pyridine rings is 1. The molecule has 5 heteroatoms. The molecule has 0 radical (unpaired) electrons. The third-order valence-electron chi connectivity index (χ3n) is 3.36. The highest BCUT2D eigenvalue weighted by molar-refractivity contribution is 7.13. The van der Waals surface area contributed by atoms with Crippen LogP contribution in [0.25, 0.3) is 10.7 Å². The van der Waals surface area contributed by atoms with Crippen LogP contribution in [0.4, 0.5) is 0 Å². The van der Waals surface area contributed by atoms with Crippen LogP contribution < -0.4 is 5.73 Å². The summed E-state index contributed by atoms with van der Waals surface area (Å²) in [6.07, 6.45) is 4.14. The molecule has 0 spiro atoms. The molecular formula is C14H18N4S. The Balaban J connectivity index is 1.68. The summed E-state index contributed by atoms with van der Waals surface area (Å²) in [6.45, 7) is 3.01. The van der Waals surface area contributed by atoms with Crippen molar-refractivity contribution in [1.29, 1.82) is 0 Å². The first-order chi connectivity index (χ1) is 9.31. The van der Waals surface area contributed by atoms with E-state index in [1.165, 1.54) is 6.42 Å². The second-order valence-electron chi connectivity index (χ2n) is 5.00. The van der Waals surface area contributed by atoms with Gasteiger partial charge in [0.15, 0.2) is 0 Å². The first-order valence-electron chi connectivity index (χ1n) is 6.65. The zero-order valence-electron chi connectivity index (χ0n) is 10.8. The highest BCUT2D eigenvalue weighted by Crippen LogP contribution is 2.22. The van der Waals surface area contributed by atoms with E-state index < -0.39 is 0 Å². The standard InChI is InChI=1S/C14H18N4S/c15-11-4-3-7-18(8-11)9-12-10-19-14(17-12)13-5-1-2-6-16-13/h1-2,5-6,10-11H,3-4,7-9,15H2. The molecule has 3 heterocycles. The van der Waals surface area contributed by atoms with Crippen LogP contribution in [-0.2, 0) is 6.54 Å². The molecule has 3 rings (SSSR count). The fraction of sp³-hybridized carbons (Fsp3) is 0.429. The average Bonchev–Trinajstić information content (AvgIpc) is 2.88. The summed E-state index contributed by atoms with van der Waals surface area (Å²) in [4.78, 5) is 11.4. The van der Waals surface area contributed by atoms with Gasteiger partial charge in [-0.2, -0.15) is 0 Å². The van der Waals surface area contributed by atoms with Crippen LogP contribution in [0.15, 0.2) is 29.8 Å². The summed E-state index contributed by atoms with van der Waals surface area (Å²) in [5.41, 5.74) is 8.08. The van der Waals surface area contributed by atoms with Crippen molar-refractivity contribution < 1.29 is 0 Å². The predicted molar refractivity (Wildman–Crippen MR) is 77.8 cm³/mol. The van der Waals surface area contributed by atoms with Crippen molar-refractivity contribution >= 4 is 11.3 Å². The minimum absolute atomic E-state index is 0.322. The second kappa shape index (κ2) is 5.77. The Kier molecular flexibility index (Phi) is 3.87. The van der Waals surface area contributed by atoms with Gasteiger partial charge in [-0.1, -0.05) is 6.07 Å². The van der Waals surface area contributed by atoms with Crippen molar-refractivity contribution in [3.8, 4) is 10.7 Å². The van der Waals surface area contributed by atoms with Crippen LogP contribution in [0, 0.1) is 0 Å². The van der Waals surface area contributed by atoms with Crippen molar-refractivity contribution in [2.24, 2.45) is 5.73 Å². The first kappa shape index (κ1) is 12.7. The topological polar surface area (TPSA) is 55.0 Å². The molecule has 0 aromatic carbocycles. The Bertz CT molecular complexity index is 525. The van der Waals surface area contributed by atoms with Gasteiger partial charge in [0.2, 0.25) is 0 Å². The van der Waals surface area contributed by atoms with Crippen molar-refractivity contribution in [1.82, 2.24) is 14.9 Å². The van der Waals surface area contributed by atoms with E-state index in [2.05, 4.69) is 20.2 Å². The minimum Gasteiger partial charge on any atom is -0.327 e. The quantitative estimate of drug-likeness (QED) is 0.931. The summed E-state index contributed by atoms with van der Waals surface area (Å²) >= 11 is 1.66. The van der Waals surface area contributed by atoms with E-state index in [1.54, 1.807) is 17.5 Å². The Morgan fingerprint density at radius 2 is 2.37 bits per heavy atom. The summed E-state index contributed by atoms with van der Waals surface area (Å²) in [6, 6.07) is 6.24. The van der Waals surface area contributed by atoms with Crippen molar-refractivity contribution in [2.75, 3.05) is 13.1 Å². The van der Waals surface area contributed by atoms with Gasteiger partial charge in [-0.3, -0.25) is 9.88 Å². The van der Waals surface area contributed by atoms with Gasteiger partial charge in [-0.15, -0.1) is 11.3 Å². The predicted octanol–water partition coefficient (Wildman–Crippen LogP) is 2.13. The van der Waals surface area contributed by atoms with Crippen LogP contribution in [0.3, 0.4) is 0 Å².